The predicted molar refractivity (Wildman–Crippen MR) is 111 cm³/mol. The van der Waals surface area contributed by atoms with E-state index in [1.165, 1.54) is 24.4 Å². The molecule has 0 bridgehead atoms. The lowest BCUT2D eigenvalue weighted by Gasteiger charge is -2.19. The Balaban J connectivity index is 2.12. The number of anilines is 1. The number of benzene rings is 1. The van der Waals surface area contributed by atoms with Crippen LogP contribution in [0.4, 0.5) is 10.1 Å². The van der Waals surface area contributed by atoms with Crippen LogP contribution in [0.3, 0.4) is 0 Å². The zero-order valence-corrected chi connectivity index (χ0v) is 18.0. The van der Waals surface area contributed by atoms with Gasteiger partial charge in [0, 0.05) is 28.3 Å². The zero-order chi connectivity index (χ0) is 21.8. The number of nitrogens with zero attached hydrogens (tertiary/aromatic N) is 2. The summed E-state index contributed by atoms with van der Waals surface area (Å²) >= 11 is 6.09. The van der Waals surface area contributed by atoms with E-state index in [1.807, 2.05) is 0 Å². The van der Waals surface area contributed by atoms with Crippen LogP contribution in [0.25, 0.3) is 0 Å². The van der Waals surface area contributed by atoms with Crippen molar-refractivity contribution in [3.05, 3.63) is 63.8 Å². The molecule has 0 aliphatic carbocycles. The van der Waals surface area contributed by atoms with Crippen molar-refractivity contribution in [3.63, 3.8) is 0 Å². The summed E-state index contributed by atoms with van der Waals surface area (Å²) in [4.78, 5) is 20.5. The van der Waals surface area contributed by atoms with E-state index >= 15 is 0 Å². The van der Waals surface area contributed by atoms with Crippen LogP contribution in [-0.4, -0.2) is 36.6 Å². The Morgan fingerprint density at radius 3 is 2.59 bits per heavy atom. The van der Waals surface area contributed by atoms with E-state index in [0.717, 1.165) is 11.7 Å². The predicted octanol–water partition coefficient (Wildman–Crippen LogP) is 3.43. The minimum atomic E-state index is -3.28. The highest BCUT2D eigenvalue weighted by Gasteiger charge is 2.17. The van der Waals surface area contributed by atoms with Gasteiger partial charge in [0.1, 0.15) is 5.82 Å². The van der Waals surface area contributed by atoms with Crippen LogP contribution in [0.1, 0.15) is 41.8 Å². The van der Waals surface area contributed by atoms with Crippen molar-refractivity contribution in [2.45, 2.75) is 32.9 Å². The van der Waals surface area contributed by atoms with E-state index in [9.17, 15) is 17.6 Å². The summed E-state index contributed by atoms with van der Waals surface area (Å²) in [5.41, 5.74) is 1.34. The Hall–Kier alpha value is -2.52. The van der Waals surface area contributed by atoms with E-state index in [4.69, 9.17) is 11.6 Å². The standard InChI is InChI=1S/C19H22ClFN4O3S/c1-11(8-9-29(4,27)28)23-19(26)18-22-10-16(12(2)25-18)24-13(3)17-14(20)6-5-7-15(17)21/h5-11,13,24H,1-4H3,(H,23,26)/b9-8+/t11-,13-/m1/s1. The first kappa shape index (κ1) is 22.8. The molecule has 7 nitrogen and oxygen atoms in total. The number of carbonyl (C=O) groups excluding carboxylic acids is 1. The van der Waals surface area contributed by atoms with Crippen molar-refractivity contribution < 1.29 is 17.6 Å². The molecule has 0 spiro atoms. The van der Waals surface area contributed by atoms with Crippen LogP contribution in [0.15, 0.2) is 35.9 Å². The molecule has 0 fully saturated rings. The number of nitrogens with one attached hydrogen (secondary N) is 2. The summed E-state index contributed by atoms with van der Waals surface area (Å²) in [6.07, 6.45) is 3.85. The van der Waals surface area contributed by atoms with Gasteiger partial charge in [-0.25, -0.2) is 22.8 Å². The largest absolute Gasteiger partial charge is 0.376 e. The van der Waals surface area contributed by atoms with Crippen molar-refractivity contribution in [2.24, 2.45) is 0 Å². The second-order valence-electron chi connectivity index (χ2n) is 6.61. The summed E-state index contributed by atoms with van der Waals surface area (Å²) in [7, 11) is -3.28. The fourth-order valence-electron chi connectivity index (χ4n) is 2.53. The number of hydrogen-bond donors (Lipinski definition) is 2. The van der Waals surface area contributed by atoms with E-state index < -0.39 is 33.6 Å². The molecular formula is C19H22ClFN4O3S. The van der Waals surface area contributed by atoms with Crippen LogP contribution in [-0.2, 0) is 9.84 Å². The smallest absolute Gasteiger partial charge is 0.289 e. The number of rotatable bonds is 7. The van der Waals surface area contributed by atoms with Crippen LogP contribution in [0, 0.1) is 12.7 Å². The Morgan fingerprint density at radius 2 is 2.00 bits per heavy atom. The van der Waals surface area contributed by atoms with Gasteiger partial charge in [0.25, 0.3) is 5.91 Å². The van der Waals surface area contributed by atoms with Gasteiger partial charge in [-0.2, -0.15) is 0 Å². The number of hydrogen-bond acceptors (Lipinski definition) is 6. The van der Waals surface area contributed by atoms with Crippen LogP contribution < -0.4 is 10.6 Å². The SMILES string of the molecule is Cc1nc(C(=O)N[C@H](C)/C=C/S(C)(=O)=O)ncc1N[C@H](C)c1c(F)cccc1Cl. The average Bonchev–Trinajstić information content (AvgIpc) is 2.61. The minimum absolute atomic E-state index is 0.0655. The quantitative estimate of drug-likeness (QED) is 0.684. The van der Waals surface area contributed by atoms with Gasteiger partial charge < -0.3 is 10.6 Å². The van der Waals surface area contributed by atoms with Gasteiger partial charge >= 0.3 is 0 Å². The third kappa shape index (κ3) is 6.50. The van der Waals surface area contributed by atoms with E-state index in [-0.39, 0.29) is 5.82 Å². The second-order valence-corrected chi connectivity index (χ2v) is 8.95. The number of aromatic nitrogens is 2. The molecule has 0 aliphatic rings. The molecular weight excluding hydrogens is 419 g/mol. The molecule has 10 heteroatoms. The highest BCUT2D eigenvalue weighted by Crippen LogP contribution is 2.28. The minimum Gasteiger partial charge on any atom is -0.376 e. The Labute approximate surface area is 174 Å². The summed E-state index contributed by atoms with van der Waals surface area (Å²) in [5, 5.41) is 7.01. The molecule has 0 radical (unpaired) electrons. The second kappa shape index (κ2) is 9.32. The normalized spacial score (nSPS) is 13.9. The summed E-state index contributed by atoms with van der Waals surface area (Å²) in [5.74, 6) is -1.04. The van der Waals surface area contributed by atoms with Crippen molar-refractivity contribution in [1.29, 1.82) is 0 Å². The van der Waals surface area contributed by atoms with Crippen molar-refractivity contribution in [1.82, 2.24) is 15.3 Å². The summed E-state index contributed by atoms with van der Waals surface area (Å²) < 4.78 is 36.4. The summed E-state index contributed by atoms with van der Waals surface area (Å²) in [6.45, 7) is 5.06. The zero-order valence-electron chi connectivity index (χ0n) is 16.4. The molecule has 2 aromatic rings. The summed E-state index contributed by atoms with van der Waals surface area (Å²) in [6, 6.07) is 3.49. The topological polar surface area (TPSA) is 101 Å². The molecule has 2 rings (SSSR count). The lowest BCUT2D eigenvalue weighted by atomic mass is 10.1. The fourth-order valence-corrected chi connectivity index (χ4v) is 3.38. The number of sulfone groups is 1. The van der Waals surface area contributed by atoms with Gasteiger partial charge in [-0.05, 0) is 32.9 Å². The third-order valence-corrected chi connectivity index (χ3v) is 4.94. The van der Waals surface area contributed by atoms with Gasteiger partial charge in [0.05, 0.1) is 23.6 Å². The number of carbonyl (C=O) groups is 1. The van der Waals surface area contributed by atoms with E-state index in [2.05, 4.69) is 20.6 Å². The first-order valence-electron chi connectivity index (χ1n) is 8.71. The van der Waals surface area contributed by atoms with Crippen LogP contribution in [0.5, 0.6) is 0 Å². The monoisotopic (exact) mass is 440 g/mol. The van der Waals surface area contributed by atoms with E-state index in [0.29, 0.717) is 22.0 Å². The van der Waals surface area contributed by atoms with Crippen LogP contribution in [0.2, 0.25) is 5.02 Å². The molecule has 1 aromatic carbocycles. The van der Waals surface area contributed by atoms with Crippen molar-refractivity contribution in [3.8, 4) is 0 Å². The van der Waals surface area contributed by atoms with Crippen LogP contribution >= 0.6 is 11.6 Å². The van der Waals surface area contributed by atoms with Crippen molar-refractivity contribution >= 4 is 33.0 Å². The number of aryl methyl sites for hydroxylation is 1. The van der Waals surface area contributed by atoms with Gasteiger partial charge in [-0.3, -0.25) is 4.79 Å². The molecule has 156 valence electrons. The Bertz CT molecular complexity index is 1020. The third-order valence-electron chi connectivity index (χ3n) is 3.96. The number of amides is 1. The molecule has 0 saturated heterocycles. The molecule has 0 unspecified atom stereocenters. The number of halogens is 2. The lowest BCUT2D eigenvalue weighted by Crippen LogP contribution is -2.32. The van der Waals surface area contributed by atoms with Gasteiger partial charge in [0.15, 0.2) is 9.84 Å². The maximum atomic E-state index is 14.1. The average molecular weight is 441 g/mol. The molecule has 0 aliphatic heterocycles. The van der Waals surface area contributed by atoms with E-state index in [1.54, 1.807) is 26.8 Å². The first-order chi connectivity index (χ1) is 13.5. The molecule has 1 heterocycles. The molecule has 2 atom stereocenters. The Morgan fingerprint density at radius 1 is 1.31 bits per heavy atom. The van der Waals surface area contributed by atoms with Crippen molar-refractivity contribution in [2.75, 3.05) is 11.6 Å². The highest BCUT2D eigenvalue weighted by molar-refractivity contribution is 7.93. The fraction of sp³-hybridized carbons (Fsp3) is 0.316. The molecule has 1 aromatic heterocycles. The highest BCUT2D eigenvalue weighted by atomic mass is 35.5. The maximum absolute atomic E-state index is 14.1. The molecule has 1 amide bonds. The maximum Gasteiger partial charge on any atom is 0.289 e. The van der Waals surface area contributed by atoms with Gasteiger partial charge in [0.2, 0.25) is 5.82 Å². The molecule has 0 saturated carbocycles. The van der Waals surface area contributed by atoms with Gasteiger partial charge in [-0.15, -0.1) is 0 Å². The molecule has 2 N–H and O–H groups in total. The Kier molecular flexibility index (Phi) is 7.32. The lowest BCUT2D eigenvalue weighted by molar-refractivity contribution is 0.0936. The first-order valence-corrected chi connectivity index (χ1v) is 11.0. The van der Waals surface area contributed by atoms with Gasteiger partial charge in [-0.1, -0.05) is 23.7 Å². The molecule has 29 heavy (non-hydrogen) atoms.